The Morgan fingerprint density at radius 3 is 2.78 bits per heavy atom. The van der Waals surface area contributed by atoms with Gasteiger partial charge in [0, 0.05) is 43.0 Å². The first-order chi connectivity index (χ1) is 15.4. The van der Waals surface area contributed by atoms with E-state index in [1.54, 1.807) is 18.4 Å². The largest absolute Gasteiger partial charge is 0.359 e. The molecule has 1 saturated heterocycles. The fourth-order valence-corrected chi connectivity index (χ4v) is 3.72. The molecule has 0 spiro atoms. The molecule has 0 bridgehead atoms. The van der Waals surface area contributed by atoms with Crippen molar-refractivity contribution in [3.8, 4) is 6.07 Å². The van der Waals surface area contributed by atoms with Gasteiger partial charge in [-0.25, -0.2) is 4.39 Å². The van der Waals surface area contributed by atoms with Gasteiger partial charge in [0.25, 0.3) is 17.6 Å². The van der Waals surface area contributed by atoms with Crippen molar-refractivity contribution in [1.82, 2.24) is 14.8 Å². The molecule has 1 aromatic carbocycles. The van der Waals surface area contributed by atoms with Crippen molar-refractivity contribution in [3.63, 3.8) is 0 Å². The van der Waals surface area contributed by atoms with Gasteiger partial charge in [-0.05, 0) is 18.2 Å². The number of ketones is 1. The Morgan fingerprint density at radius 2 is 2.03 bits per heavy atom. The number of allylic oxidation sites excluding steroid dienone is 3. The summed E-state index contributed by atoms with van der Waals surface area (Å²) in [4.78, 5) is 48.1. The number of hydrogen-bond donors (Lipinski definition) is 1. The van der Waals surface area contributed by atoms with E-state index in [1.807, 2.05) is 12.1 Å². The predicted molar refractivity (Wildman–Crippen MR) is 115 cm³/mol. The highest BCUT2D eigenvalue weighted by atomic mass is 19.1. The zero-order chi connectivity index (χ0) is 22.8. The molecule has 2 aromatic rings. The van der Waals surface area contributed by atoms with Crippen molar-refractivity contribution in [2.45, 2.75) is 6.42 Å². The van der Waals surface area contributed by atoms with Gasteiger partial charge in [-0.3, -0.25) is 19.4 Å². The van der Waals surface area contributed by atoms with E-state index in [-0.39, 0.29) is 53.3 Å². The molecule has 2 amide bonds. The van der Waals surface area contributed by atoms with E-state index >= 15 is 0 Å². The Morgan fingerprint density at radius 1 is 1.22 bits per heavy atom. The molecular formula is C23H18FN5O3. The first-order valence-corrected chi connectivity index (χ1v) is 9.83. The third kappa shape index (κ3) is 3.63. The number of fused-ring (bicyclic) bond motifs is 1. The SMILES string of the molecule is C=C1CN(C(=O)C2=NC=CC=CC2)CCN1C(=O)C(=O)c1c[nH]c2c(C#N)ccc(F)c12. The van der Waals surface area contributed by atoms with Gasteiger partial charge >= 0.3 is 0 Å². The molecule has 0 atom stereocenters. The molecular weight excluding hydrogens is 413 g/mol. The maximum absolute atomic E-state index is 14.4. The van der Waals surface area contributed by atoms with Gasteiger partial charge in [0.2, 0.25) is 0 Å². The van der Waals surface area contributed by atoms with Crippen LogP contribution in [0.4, 0.5) is 4.39 Å². The Hall–Kier alpha value is -4.32. The standard InChI is InChI=1S/C23H18FN5O3/c1-14-13-28(22(31)18-5-3-2-4-8-26-18)9-10-29(14)23(32)21(30)16-12-27-20-15(11-25)6-7-17(24)19(16)20/h2-4,6-8,12,27H,1,5,9-10,13H2. The summed E-state index contributed by atoms with van der Waals surface area (Å²) in [5.74, 6) is -2.77. The number of nitriles is 1. The molecule has 2 aliphatic heterocycles. The average Bonchev–Trinajstić information content (AvgIpc) is 3.07. The van der Waals surface area contributed by atoms with Gasteiger partial charge in [-0.2, -0.15) is 5.26 Å². The van der Waals surface area contributed by atoms with Gasteiger partial charge in [0.1, 0.15) is 17.6 Å². The van der Waals surface area contributed by atoms with Gasteiger partial charge in [-0.1, -0.05) is 18.7 Å². The minimum absolute atomic E-state index is 0.0606. The fourth-order valence-electron chi connectivity index (χ4n) is 3.72. The molecule has 0 saturated carbocycles. The van der Waals surface area contributed by atoms with E-state index in [1.165, 1.54) is 22.1 Å². The number of nitrogens with one attached hydrogen (secondary N) is 1. The van der Waals surface area contributed by atoms with E-state index < -0.39 is 17.5 Å². The molecule has 0 radical (unpaired) electrons. The third-order valence-corrected chi connectivity index (χ3v) is 5.35. The molecule has 8 nitrogen and oxygen atoms in total. The molecule has 1 N–H and O–H groups in total. The smallest absolute Gasteiger partial charge is 0.299 e. The van der Waals surface area contributed by atoms with Crippen molar-refractivity contribution in [2.24, 2.45) is 4.99 Å². The lowest BCUT2D eigenvalue weighted by atomic mass is 10.0. The second-order valence-corrected chi connectivity index (χ2v) is 7.29. The second-order valence-electron chi connectivity index (χ2n) is 7.29. The molecule has 1 aromatic heterocycles. The van der Waals surface area contributed by atoms with E-state index in [0.29, 0.717) is 12.1 Å². The number of halogens is 1. The molecule has 32 heavy (non-hydrogen) atoms. The minimum atomic E-state index is -0.922. The van der Waals surface area contributed by atoms with E-state index in [4.69, 9.17) is 0 Å². The summed E-state index contributed by atoms with van der Waals surface area (Å²) < 4.78 is 14.4. The number of carbonyl (C=O) groups is 3. The van der Waals surface area contributed by atoms with Crippen LogP contribution in [0.15, 0.2) is 60.0 Å². The van der Waals surface area contributed by atoms with Gasteiger partial charge in [-0.15, -0.1) is 0 Å². The Balaban J connectivity index is 1.52. The number of Topliss-reactive ketones (excluding diaryl/α,β-unsaturated/α-hetero) is 1. The number of benzene rings is 1. The number of aromatic nitrogens is 1. The molecule has 160 valence electrons. The van der Waals surface area contributed by atoms with E-state index in [9.17, 15) is 24.0 Å². The molecule has 1 fully saturated rings. The summed E-state index contributed by atoms with van der Waals surface area (Å²) in [7, 11) is 0. The van der Waals surface area contributed by atoms with Crippen molar-refractivity contribution >= 4 is 34.2 Å². The Kier molecular flexibility index (Phi) is 5.52. The Bertz CT molecular complexity index is 1290. The first kappa shape index (κ1) is 20.9. The first-order valence-electron chi connectivity index (χ1n) is 9.83. The van der Waals surface area contributed by atoms with Crippen LogP contribution < -0.4 is 0 Å². The fraction of sp³-hybridized carbons (Fsp3) is 0.174. The van der Waals surface area contributed by atoms with Crippen LogP contribution in [0.25, 0.3) is 10.9 Å². The molecule has 0 unspecified atom stereocenters. The minimum Gasteiger partial charge on any atom is -0.359 e. The normalized spacial score (nSPS) is 16.0. The lowest BCUT2D eigenvalue weighted by Crippen LogP contribution is -2.51. The van der Waals surface area contributed by atoms with Gasteiger partial charge in [0.15, 0.2) is 0 Å². The second kappa shape index (κ2) is 8.43. The zero-order valence-corrected chi connectivity index (χ0v) is 17.0. The molecule has 9 heteroatoms. The van der Waals surface area contributed by atoms with Crippen LogP contribution in [-0.2, 0) is 9.59 Å². The van der Waals surface area contributed by atoms with Crippen LogP contribution in [0.1, 0.15) is 22.3 Å². The summed E-state index contributed by atoms with van der Waals surface area (Å²) in [5.41, 5.74) is 0.820. The number of nitrogens with zero attached hydrogens (tertiary/aromatic N) is 4. The third-order valence-electron chi connectivity index (χ3n) is 5.35. The maximum atomic E-state index is 14.4. The van der Waals surface area contributed by atoms with Crippen molar-refractivity contribution in [1.29, 1.82) is 5.26 Å². The highest BCUT2D eigenvalue weighted by Gasteiger charge is 2.33. The molecule has 2 aliphatic rings. The molecule has 4 rings (SSSR count). The van der Waals surface area contributed by atoms with Gasteiger partial charge in [0.05, 0.1) is 23.2 Å². The summed E-state index contributed by atoms with van der Waals surface area (Å²) >= 11 is 0. The number of H-pyrrole nitrogens is 1. The summed E-state index contributed by atoms with van der Waals surface area (Å²) in [6.45, 7) is 4.18. The summed E-state index contributed by atoms with van der Waals surface area (Å²) in [5, 5.41) is 9.09. The van der Waals surface area contributed by atoms with Crippen LogP contribution in [0.2, 0.25) is 0 Å². The highest BCUT2D eigenvalue weighted by molar-refractivity contribution is 6.45. The lowest BCUT2D eigenvalue weighted by Gasteiger charge is -2.36. The number of carbonyl (C=O) groups excluding carboxylic acids is 3. The van der Waals surface area contributed by atoms with E-state index in [2.05, 4.69) is 16.6 Å². The van der Waals surface area contributed by atoms with Crippen LogP contribution in [0, 0.1) is 17.1 Å². The van der Waals surface area contributed by atoms with Crippen LogP contribution >= 0.6 is 0 Å². The number of amides is 2. The quantitative estimate of drug-likeness (QED) is 0.595. The van der Waals surface area contributed by atoms with Gasteiger partial charge < -0.3 is 14.8 Å². The number of hydrogen-bond acceptors (Lipinski definition) is 5. The Labute approximate surface area is 182 Å². The van der Waals surface area contributed by atoms with Crippen molar-refractivity contribution < 1.29 is 18.8 Å². The lowest BCUT2D eigenvalue weighted by molar-refractivity contribution is -0.130. The number of aliphatic imine (C=N–C) groups is 1. The van der Waals surface area contributed by atoms with E-state index in [0.717, 1.165) is 6.07 Å². The van der Waals surface area contributed by atoms with Crippen LogP contribution in [-0.4, -0.2) is 57.7 Å². The summed E-state index contributed by atoms with van der Waals surface area (Å²) in [6, 6.07) is 4.30. The summed E-state index contributed by atoms with van der Waals surface area (Å²) in [6.07, 6.45) is 8.52. The molecule has 0 aliphatic carbocycles. The van der Waals surface area contributed by atoms with Crippen LogP contribution in [0.5, 0.6) is 0 Å². The number of piperazine rings is 1. The monoisotopic (exact) mass is 431 g/mol. The predicted octanol–water partition coefficient (Wildman–Crippen LogP) is 2.46. The zero-order valence-electron chi connectivity index (χ0n) is 17.0. The number of aromatic amines is 1. The number of rotatable bonds is 3. The van der Waals surface area contributed by atoms with Crippen molar-refractivity contribution in [3.05, 3.63) is 72.0 Å². The highest BCUT2D eigenvalue weighted by Crippen LogP contribution is 2.26. The average molecular weight is 431 g/mol. The topological polar surface area (TPSA) is 110 Å². The maximum Gasteiger partial charge on any atom is 0.299 e. The van der Waals surface area contributed by atoms with Crippen LogP contribution in [0.3, 0.4) is 0 Å². The van der Waals surface area contributed by atoms with Crippen molar-refractivity contribution in [2.75, 3.05) is 19.6 Å². The molecule has 3 heterocycles.